The van der Waals surface area contributed by atoms with Gasteiger partial charge in [0.1, 0.15) is 0 Å². The van der Waals surface area contributed by atoms with Gasteiger partial charge in [0.2, 0.25) is 0 Å². The minimum absolute atomic E-state index is 0. The summed E-state index contributed by atoms with van der Waals surface area (Å²) >= 11 is 2.25. The third-order valence-corrected chi connectivity index (χ3v) is 4.79. The Kier molecular flexibility index (Phi) is 7.47. The first-order valence-electron chi connectivity index (χ1n) is 7.93. The second-order valence-corrected chi connectivity index (χ2v) is 6.78. The van der Waals surface area contributed by atoms with Gasteiger partial charge in [0.15, 0.2) is 0 Å². The van der Waals surface area contributed by atoms with E-state index in [-0.39, 0.29) is 42.1 Å². The molecular formula is C19H17NNaO4Se. The molecule has 0 unspecified atom stereocenters. The Morgan fingerprint density at radius 1 is 1.19 bits per heavy atom. The summed E-state index contributed by atoms with van der Waals surface area (Å²) in [6.07, 6.45) is -1.91. The second-order valence-electron chi connectivity index (χ2n) is 5.94. The van der Waals surface area contributed by atoms with Gasteiger partial charge < -0.3 is 0 Å². The molecule has 0 aromatic heterocycles. The molecule has 0 saturated heterocycles. The van der Waals surface area contributed by atoms with Gasteiger partial charge in [-0.2, -0.15) is 0 Å². The summed E-state index contributed by atoms with van der Waals surface area (Å²) in [5.41, 5.74) is 4.47. The molecule has 129 valence electrons. The van der Waals surface area contributed by atoms with Crippen LogP contribution < -0.4 is 34.7 Å². The second kappa shape index (κ2) is 9.18. The molecule has 7 heteroatoms. The van der Waals surface area contributed by atoms with Gasteiger partial charge >= 0.3 is 183 Å². The van der Waals surface area contributed by atoms with Crippen molar-refractivity contribution >= 4 is 26.8 Å². The van der Waals surface area contributed by atoms with Crippen LogP contribution in [0.5, 0.6) is 0 Å². The van der Waals surface area contributed by atoms with Gasteiger partial charge in [-0.3, -0.25) is 0 Å². The Morgan fingerprint density at radius 2 is 1.69 bits per heavy atom. The number of benzene rings is 2. The van der Waals surface area contributed by atoms with E-state index in [2.05, 4.69) is 33.1 Å². The third kappa shape index (κ3) is 4.39. The topological polar surface area (TPSA) is 82.0 Å². The van der Waals surface area contributed by atoms with Crippen molar-refractivity contribution in [3.63, 3.8) is 0 Å². The zero-order valence-electron chi connectivity index (χ0n) is 14.6. The van der Waals surface area contributed by atoms with E-state index >= 15 is 0 Å². The van der Waals surface area contributed by atoms with Crippen LogP contribution in [0.15, 0.2) is 53.5 Å². The maximum atomic E-state index is 12.0. The zero-order chi connectivity index (χ0) is 18.0. The van der Waals surface area contributed by atoms with Gasteiger partial charge in [-0.15, -0.1) is 0 Å². The van der Waals surface area contributed by atoms with Gasteiger partial charge in [-0.05, 0) is 0 Å². The van der Waals surface area contributed by atoms with E-state index < -0.39 is 22.9 Å². The van der Waals surface area contributed by atoms with Crippen LogP contribution in [0.1, 0.15) is 24.0 Å². The first kappa shape index (κ1) is 21.2. The Morgan fingerprint density at radius 3 is 2.15 bits per heavy atom. The van der Waals surface area contributed by atoms with Crippen LogP contribution in [0.2, 0.25) is 0 Å². The Hall–Kier alpha value is -1.14. The van der Waals surface area contributed by atoms with Crippen LogP contribution in [0.25, 0.3) is 11.1 Å². The van der Waals surface area contributed by atoms with Gasteiger partial charge in [0.25, 0.3) is 0 Å². The van der Waals surface area contributed by atoms with E-state index in [0.717, 1.165) is 22.3 Å². The first-order chi connectivity index (χ1) is 12.0. The van der Waals surface area contributed by atoms with Gasteiger partial charge in [0.05, 0.1) is 0 Å². The fraction of sp³-hybridized carbons (Fsp3) is 0.263. The van der Waals surface area contributed by atoms with Crippen LogP contribution >= 0.6 is 0 Å². The fourth-order valence-corrected chi connectivity index (χ4v) is 3.63. The number of aliphatic hydroxyl groups is 1. The van der Waals surface area contributed by atoms with Crippen molar-refractivity contribution in [3.8, 4) is 11.1 Å². The predicted octanol–water partition coefficient (Wildman–Crippen LogP) is -2.02. The van der Waals surface area contributed by atoms with E-state index in [1.54, 1.807) is 0 Å². The number of rotatable bonds is 5. The molecule has 1 radical (unpaired) electrons. The number of aliphatic imine (C=N–C) groups is 1. The molecule has 0 amide bonds. The largest absolute Gasteiger partial charge is 1.00 e. The summed E-state index contributed by atoms with van der Waals surface area (Å²) in [6, 6.07) is 14.9. The third-order valence-electron chi connectivity index (χ3n) is 4.28. The number of hydrogen-bond acceptors (Lipinski definition) is 5. The number of ether oxygens (including phenoxy) is 1. The van der Waals surface area contributed by atoms with E-state index in [1.807, 2.05) is 36.4 Å². The molecule has 2 aromatic carbocycles. The molecule has 1 aliphatic carbocycles. The van der Waals surface area contributed by atoms with Crippen molar-refractivity contribution in [2.45, 2.75) is 25.0 Å². The van der Waals surface area contributed by atoms with E-state index in [1.165, 1.54) is 6.92 Å². The molecule has 0 saturated carbocycles. The monoisotopic (exact) mass is 426 g/mol. The smallest absolute Gasteiger partial charge is 1.00 e. The number of carbonyl (C=O) groups is 1. The standard InChI is InChI=1S/C19H18NO4Se.Na/c1-11(21)17(18(22)25)20-19(23)24-10-16-14-8-4-2-6-12(14)13-7-3-5-9-15(13)16;/h2-9,11,16-17,21H,10H2,1H3,(H,20,23);/q;+1/p-1/t11-,17+;/m0./s1. The molecular weight excluding hydrogens is 408 g/mol. The summed E-state index contributed by atoms with van der Waals surface area (Å²) in [6.45, 7) is 1.53. The van der Waals surface area contributed by atoms with Crippen molar-refractivity contribution in [3.05, 3.63) is 59.7 Å². The maximum Gasteiger partial charge on any atom is 1.00 e. The summed E-state index contributed by atoms with van der Waals surface area (Å²) < 4.78 is 4.79. The van der Waals surface area contributed by atoms with Crippen LogP contribution in [0.3, 0.4) is 0 Å². The van der Waals surface area contributed by atoms with Gasteiger partial charge in [-0.1, -0.05) is 0 Å². The van der Waals surface area contributed by atoms with Crippen LogP contribution in [-0.4, -0.2) is 50.6 Å². The van der Waals surface area contributed by atoms with Crippen molar-refractivity contribution in [1.82, 2.24) is 0 Å². The SMILES string of the molecule is C[C@H](O)[C@@H](N=C([O-])OCC1c2ccccc2-c2ccccc21)C(=O)[Se].[Na+]. The normalized spacial score (nSPS) is 15.4. The Labute approximate surface area is 182 Å². The molecule has 1 aliphatic rings. The number of carbonyl (C=O) groups excluding carboxylic acids is 1. The van der Waals surface area contributed by atoms with Crippen molar-refractivity contribution in [2.24, 2.45) is 4.99 Å². The summed E-state index contributed by atoms with van der Waals surface area (Å²) in [5, 5.41) is 21.5. The zero-order valence-corrected chi connectivity index (χ0v) is 18.3. The van der Waals surface area contributed by atoms with Crippen molar-refractivity contribution in [1.29, 1.82) is 0 Å². The number of nitrogens with zero attached hydrogens (tertiary/aromatic N) is 1. The molecule has 0 aliphatic heterocycles. The molecule has 5 nitrogen and oxygen atoms in total. The van der Waals surface area contributed by atoms with E-state index in [0.29, 0.717) is 0 Å². The van der Waals surface area contributed by atoms with E-state index in [4.69, 9.17) is 4.74 Å². The molecule has 2 aromatic rings. The van der Waals surface area contributed by atoms with Gasteiger partial charge in [-0.25, -0.2) is 0 Å². The molecule has 1 N–H and O–H groups in total. The Bertz CT molecular complexity index is 779. The predicted molar refractivity (Wildman–Crippen MR) is 93.3 cm³/mol. The summed E-state index contributed by atoms with van der Waals surface area (Å²) in [4.78, 5) is 15.0. The fourth-order valence-electron chi connectivity index (χ4n) is 3.10. The van der Waals surface area contributed by atoms with Crippen LogP contribution in [0, 0.1) is 0 Å². The van der Waals surface area contributed by atoms with E-state index in [9.17, 15) is 15.0 Å². The minimum atomic E-state index is -1.14. The summed E-state index contributed by atoms with van der Waals surface area (Å²) in [7, 11) is 0. The molecule has 26 heavy (non-hydrogen) atoms. The summed E-state index contributed by atoms with van der Waals surface area (Å²) in [5.74, 6) is -0.0690. The Balaban J connectivity index is 0.00000243. The maximum absolute atomic E-state index is 12.0. The average molecular weight is 425 g/mol. The molecule has 2 atom stereocenters. The number of fused-ring (bicyclic) bond motifs is 3. The minimum Gasteiger partial charge on any atom is 1.00 e. The van der Waals surface area contributed by atoms with Crippen LogP contribution in [0.4, 0.5) is 0 Å². The molecule has 0 bridgehead atoms. The molecule has 0 heterocycles. The molecule has 0 fully saturated rings. The quantitative estimate of drug-likeness (QED) is 0.341. The van der Waals surface area contributed by atoms with Crippen LogP contribution in [-0.2, 0) is 9.53 Å². The van der Waals surface area contributed by atoms with Crippen molar-refractivity contribution in [2.75, 3.05) is 6.61 Å². The number of aliphatic hydroxyl groups excluding tert-OH is 1. The molecule has 0 spiro atoms. The molecule has 3 rings (SSSR count). The average Bonchev–Trinajstić information content (AvgIpc) is 2.91. The van der Waals surface area contributed by atoms with Crippen molar-refractivity contribution < 1.29 is 49.3 Å². The number of hydrogen-bond donors (Lipinski definition) is 1. The first-order valence-corrected chi connectivity index (χ1v) is 8.79. The van der Waals surface area contributed by atoms with Gasteiger partial charge in [0, 0.05) is 0 Å².